The number of benzene rings is 1. The second kappa shape index (κ2) is 4.69. The molecule has 0 amide bonds. The fourth-order valence-electron chi connectivity index (χ4n) is 3.31. The van der Waals surface area contributed by atoms with Crippen molar-refractivity contribution < 1.29 is 9.47 Å². The van der Waals surface area contributed by atoms with Crippen LogP contribution in [-0.4, -0.2) is 37.7 Å². The molecule has 2 heterocycles. The van der Waals surface area contributed by atoms with Gasteiger partial charge in [-0.05, 0) is 32.5 Å². The molecule has 3 unspecified atom stereocenters. The zero-order valence-corrected chi connectivity index (χ0v) is 11.8. The Morgan fingerprint density at radius 1 is 1.42 bits per heavy atom. The van der Waals surface area contributed by atoms with Crippen molar-refractivity contribution in [2.75, 3.05) is 20.7 Å². The summed E-state index contributed by atoms with van der Waals surface area (Å²) in [4.78, 5) is 2.30. The smallest absolute Gasteiger partial charge is 0.124 e. The topological polar surface area (TPSA) is 47.7 Å². The van der Waals surface area contributed by atoms with Gasteiger partial charge in [0.1, 0.15) is 17.6 Å². The van der Waals surface area contributed by atoms with Gasteiger partial charge >= 0.3 is 0 Å². The van der Waals surface area contributed by atoms with Crippen LogP contribution in [0.5, 0.6) is 11.5 Å². The van der Waals surface area contributed by atoms with Crippen LogP contribution in [0.25, 0.3) is 0 Å². The van der Waals surface area contributed by atoms with Crippen LogP contribution in [0.3, 0.4) is 0 Å². The van der Waals surface area contributed by atoms with E-state index in [1.165, 1.54) is 5.56 Å². The van der Waals surface area contributed by atoms with Crippen molar-refractivity contribution in [1.82, 2.24) is 4.90 Å². The van der Waals surface area contributed by atoms with Gasteiger partial charge in [-0.15, -0.1) is 0 Å². The molecule has 1 fully saturated rings. The maximum absolute atomic E-state index is 6.26. The first kappa shape index (κ1) is 12.8. The minimum absolute atomic E-state index is 0.163. The Hall–Kier alpha value is -1.26. The van der Waals surface area contributed by atoms with E-state index in [2.05, 4.69) is 31.0 Å². The number of likely N-dealkylation sites (N-methyl/N-ethyl adjacent to an activating group) is 1. The second-order valence-electron chi connectivity index (χ2n) is 5.71. The highest BCUT2D eigenvalue weighted by molar-refractivity contribution is 5.50. The molecular weight excluding hydrogens is 240 g/mol. The lowest BCUT2D eigenvalue weighted by Crippen LogP contribution is -2.29. The summed E-state index contributed by atoms with van der Waals surface area (Å²) in [5.41, 5.74) is 8.65. The van der Waals surface area contributed by atoms with Crippen LogP contribution in [0.1, 0.15) is 30.5 Å². The lowest BCUT2D eigenvalue weighted by atomic mass is 9.97. The first-order chi connectivity index (χ1) is 9.10. The zero-order chi connectivity index (χ0) is 13.6. The number of nitrogens with two attached hydrogens (primary N) is 1. The average molecular weight is 262 g/mol. The maximum Gasteiger partial charge on any atom is 0.124 e. The zero-order valence-electron chi connectivity index (χ0n) is 11.8. The van der Waals surface area contributed by atoms with Gasteiger partial charge in [0.05, 0.1) is 13.2 Å². The molecule has 1 aromatic rings. The van der Waals surface area contributed by atoms with E-state index >= 15 is 0 Å². The molecule has 0 aliphatic carbocycles. The molecule has 2 N–H and O–H groups in total. The van der Waals surface area contributed by atoms with Gasteiger partial charge in [-0.3, -0.25) is 4.90 Å². The molecule has 0 spiro atoms. The molecule has 19 heavy (non-hydrogen) atoms. The lowest BCUT2D eigenvalue weighted by Gasteiger charge is -2.25. The van der Waals surface area contributed by atoms with E-state index in [0.717, 1.165) is 36.4 Å². The minimum Gasteiger partial charge on any atom is -0.496 e. The molecule has 2 aliphatic rings. The fraction of sp³-hybridized carbons (Fsp3) is 0.600. The highest BCUT2D eigenvalue weighted by Gasteiger charge is 2.34. The van der Waals surface area contributed by atoms with Crippen LogP contribution in [0.15, 0.2) is 12.1 Å². The monoisotopic (exact) mass is 262 g/mol. The standard InChI is InChI=1S/C15H22N2O2/c1-9-6-10-7-14(18-3)11(8-13(10)19-9)15-12(16)4-5-17(15)2/h7-9,12,15H,4-6,16H2,1-3H3. The van der Waals surface area contributed by atoms with Gasteiger partial charge in [-0.25, -0.2) is 0 Å². The third kappa shape index (κ3) is 2.09. The first-order valence-electron chi connectivity index (χ1n) is 6.93. The molecule has 0 aromatic heterocycles. The summed E-state index contributed by atoms with van der Waals surface area (Å²) in [5, 5.41) is 0. The molecule has 2 aliphatic heterocycles. The van der Waals surface area contributed by atoms with Gasteiger partial charge in [-0.2, -0.15) is 0 Å². The lowest BCUT2D eigenvalue weighted by molar-refractivity contribution is 0.252. The largest absolute Gasteiger partial charge is 0.496 e. The van der Waals surface area contributed by atoms with Gasteiger partial charge in [0.25, 0.3) is 0 Å². The molecule has 0 saturated carbocycles. The number of rotatable bonds is 2. The van der Waals surface area contributed by atoms with Crippen LogP contribution in [-0.2, 0) is 6.42 Å². The SMILES string of the molecule is COc1cc2c(cc1C1C(N)CCN1C)OC(C)C2. The third-order valence-corrected chi connectivity index (χ3v) is 4.26. The Balaban J connectivity index is 2.03. The van der Waals surface area contributed by atoms with Crippen molar-refractivity contribution in [2.45, 2.75) is 38.0 Å². The third-order valence-electron chi connectivity index (χ3n) is 4.26. The van der Waals surface area contributed by atoms with E-state index in [0.29, 0.717) is 0 Å². The van der Waals surface area contributed by atoms with Gasteiger partial charge in [0.15, 0.2) is 0 Å². The van der Waals surface area contributed by atoms with E-state index in [1.807, 2.05) is 0 Å². The Morgan fingerprint density at radius 3 is 2.84 bits per heavy atom. The molecule has 0 radical (unpaired) electrons. The Morgan fingerprint density at radius 2 is 2.21 bits per heavy atom. The molecule has 1 saturated heterocycles. The summed E-state index contributed by atoms with van der Waals surface area (Å²) < 4.78 is 11.4. The molecule has 104 valence electrons. The molecule has 0 bridgehead atoms. The first-order valence-corrected chi connectivity index (χ1v) is 6.93. The van der Waals surface area contributed by atoms with Gasteiger partial charge in [-0.1, -0.05) is 0 Å². The van der Waals surface area contributed by atoms with Crippen molar-refractivity contribution >= 4 is 0 Å². The predicted octanol–water partition coefficient (Wildman–Crippen LogP) is 1.72. The molecule has 3 atom stereocenters. The number of ether oxygens (including phenoxy) is 2. The summed E-state index contributed by atoms with van der Waals surface area (Å²) >= 11 is 0. The molecular formula is C15H22N2O2. The van der Waals surface area contributed by atoms with Crippen molar-refractivity contribution in [1.29, 1.82) is 0 Å². The van der Waals surface area contributed by atoms with Crippen LogP contribution < -0.4 is 15.2 Å². The van der Waals surface area contributed by atoms with Crippen LogP contribution in [0.2, 0.25) is 0 Å². The normalized spacial score (nSPS) is 30.2. The molecule has 4 heteroatoms. The van der Waals surface area contributed by atoms with E-state index in [9.17, 15) is 0 Å². The van der Waals surface area contributed by atoms with Crippen molar-refractivity contribution in [3.8, 4) is 11.5 Å². The average Bonchev–Trinajstić information content (AvgIpc) is 2.89. The number of likely N-dealkylation sites (tertiary alicyclic amines) is 1. The summed E-state index contributed by atoms with van der Waals surface area (Å²) in [6.07, 6.45) is 2.24. The quantitative estimate of drug-likeness (QED) is 0.881. The second-order valence-corrected chi connectivity index (χ2v) is 5.71. The number of methoxy groups -OCH3 is 1. The fourth-order valence-corrected chi connectivity index (χ4v) is 3.31. The van der Waals surface area contributed by atoms with Gasteiger partial charge in [0.2, 0.25) is 0 Å². The maximum atomic E-state index is 6.26. The van der Waals surface area contributed by atoms with E-state index in [1.54, 1.807) is 7.11 Å². The highest BCUT2D eigenvalue weighted by atomic mass is 16.5. The number of hydrogen-bond acceptors (Lipinski definition) is 4. The number of fused-ring (bicyclic) bond motifs is 1. The molecule has 4 nitrogen and oxygen atoms in total. The van der Waals surface area contributed by atoms with E-state index in [-0.39, 0.29) is 18.2 Å². The van der Waals surface area contributed by atoms with Crippen molar-refractivity contribution in [3.63, 3.8) is 0 Å². The number of nitrogens with zero attached hydrogens (tertiary/aromatic N) is 1. The van der Waals surface area contributed by atoms with Crippen molar-refractivity contribution in [2.24, 2.45) is 5.73 Å². The minimum atomic E-state index is 0.163. The Kier molecular flexibility index (Phi) is 3.15. The number of hydrogen-bond donors (Lipinski definition) is 1. The summed E-state index contributed by atoms with van der Waals surface area (Å²) in [5.74, 6) is 1.93. The summed E-state index contributed by atoms with van der Waals surface area (Å²) in [6, 6.07) is 4.63. The van der Waals surface area contributed by atoms with Gasteiger partial charge in [0, 0.05) is 30.1 Å². The van der Waals surface area contributed by atoms with Crippen LogP contribution >= 0.6 is 0 Å². The van der Waals surface area contributed by atoms with Crippen molar-refractivity contribution in [3.05, 3.63) is 23.3 Å². The summed E-state index contributed by atoms with van der Waals surface area (Å²) in [6.45, 7) is 3.13. The summed E-state index contributed by atoms with van der Waals surface area (Å²) in [7, 11) is 3.85. The molecule has 1 aromatic carbocycles. The highest BCUT2D eigenvalue weighted by Crippen LogP contribution is 2.41. The van der Waals surface area contributed by atoms with Gasteiger partial charge < -0.3 is 15.2 Å². The Labute approximate surface area is 114 Å². The molecule has 3 rings (SSSR count). The van der Waals surface area contributed by atoms with Crippen LogP contribution in [0, 0.1) is 0 Å². The van der Waals surface area contributed by atoms with E-state index in [4.69, 9.17) is 15.2 Å². The van der Waals surface area contributed by atoms with Crippen LogP contribution in [0.4, 0.5) is 0 Å². The predicted molar refractivity (Wildman–Crippen MR) is 74.8 cm³/mol. The Bertz CT molecular complexity index is 479. The van der Waals surface area contributed by atoms with E-state index < -0.39 is 0 Å².